The summed E-state index contributed by atoms with van der Waals surface area (Å²) >= 11 is 0. The highest BCUT2D eigenvalue weighted by atomic mass is 16.2. The first kappa shape index (κ1) is 14.5. The highest BCUT2D eigenvalue weighted by Crippen LogP contribution is 2.34. The molecule has 1 atom stereocenters. The number of fused-ring (bicyclic) bond motifs is 1. The number of carbonyl (C=O) groups is 1. The van der Waals surface area contributed by atoms with E-state index in [1.165, 1.54) is 32.1 Å². The fourth-order valence-corrected chi connectivity index (χ4v) is 3.70. The number of hydrogen-bond acceptors (Lipinski definition) is 3. The van der Waals surface area contributed by atoms with E-state index in [0.29, 0.717) is 0 Å². The lowest BCUT2D eigenvalue weighted by Gasteiger charge is -2.43. The number of anilines is 1. The van der Waals surface area contributed by atoms with Gasteiger partial charge in [0.15, 0.2) is 0 Å². The fourth-order valence-electron chi connectivity index (χ4n) is 3.70. The quantitative estimate of drug-likeness (QED) is 0.894. The van der Waals surface area contributed by atoms with E-state index in [9.17, 15) is 4.79 Å². The summed E-state index contributed by atoms with van der Waals surface area (Å²) in [6, 6.07) is 7.76. The minimum absolute atomic E-state index is 0.0703. The maximum absolute atomic E-state index is 12.2. The summed E-state index contributed by atoms with van der Waals surface area (Å²) < 4.78 is 0. The number of likely N-dealkylation sites (N-methyl/N-ethyl adjacent to an activating group) is 1. The van der Waals surface area contributed by atoms with Gasteiger partial charge in [-0.1, -0.05) is 37.5 Å². The Morgan fingerprint density at radius 2 is 1.95 bits per heavy atom. The van der Waals surface area contributed by atoms with Gasteiger partial charge in [-0.3, -0.25) is 4.79 Å². The van der Waals surface area contributed by atoms with Gasteiger partial charge in [-0.25, -0.2) is 0 Å². The molecule has 1 amide bonds. The van der Waals surface area contributed by atoms with Crippen LogP contribution in [0.1, 0.15) is 43.7 Å². The molecule has 0 saturated heterocycles. The van der Waals surface area contributed by atoms with Gasteiger partial charge < -0.3 is 15.5 Å². The van der Waals surface area contributed by atoms with Crippen molar-refractivity contribution in [3.63, 3.8) is 0 Å². The highest BCUT2D eigenvalue weighted by Gasteiger charge is 2.37. The van der Waals surface area contributed by atoms with E-state index in [0.717, 1.165) is 17.8 Å². The molecule has 2 N–H and O–H groups in total. The molecule has 0 bridgehead atoms. The molecule has 0 aromatic heterocycles. The maximum atomic E-state index is 12.2. The molecule has 1 aromatic carbocycles. The van der Waals surface area contributed by atoms with Crippen LogP contribution in [0.3, 0.4) is 0 Å². The lowest BCUT2D eigenvalue weighted by Crippen LogP contribution is -2.53. The molecule has 1 unspecified atom stereocenters. The van der Waals surface area contributed by atoms with E-state index in [2.05, 4.69) is 29.6 Å². The van der Waals surface area contributed by atoms with Crippen molar-refractivity contribution >= 4 is 11.6 Å². The first-order valence-corrected chi connectivity index (χ1v) is 7.93. The van der Waals surface area contributed by atoms with Crippen LogP contribution in [0.15, 0.2) is 24.3 Å². The van der Waals surface area contributed by atoms with Crippen LogP contribution in [0, 0.1) is 0 Å². The van der Waals surface area contributed by atoms with Gasteiger partial charge in [0.1, 0.15) is 6.04 Å². The summed E-state index contributed by atoms with van der Waals surface area (Å²) in [5, 5.41) is 6.49. The van der Waals surface area contributed by atoms with Crippen LogP contribution in [0.4, 0.5) is 5.69 Å². The second kappa shape index (κ2) is 5.78. The number of carbonyl (C=O) groups excluding carboxylic acids is 1. The monoisotopic (exact) mass is 287 g/mol. The van der Waals surface area contributed by atoms with Crippen molar-refractivity contribution in [2.45, 2.75) is 43.7 Å². The fraction of sp³-hybridized carbons (Fsp3) is 0.588. The normalized spacial score (nSPS) is 24.0. The number of nitrogens with one attached hydrogen (secondary N) is 2. The van der Waals surface area contributed by atoms with E-state index in [4.69, 9.17) is 0 Å². The van der Waals surface area contributed by atoms with Crippen molar-refractivity contribution < 1.29 is 4.79 Å². The van der Waals surface area contributed by atoms with Gasteiger partial charge >= 0.3 is 0 Å². The third-order valence-electron chi connectivity index (χ3n) is 5.16. The van der Waals surface area contributed by atoms with Crippen LogP contribution in [0.5, 0.6) is 0 Å². The Balaban J connectivity index is 1.73. The molecule has 1 aliphatic heterocycles. The van der Waals surface area contributed by atoms with Gasteiger partial charge in [0.2, 0.25) is 5.91 Å². The Kier molecular flexibility index (Phi) is 4.00. The number of amides is 1. The molecule has 3 rings (SSSR count). The minimum Gasteiger partial charge on any atom is -0.324 e. The van der Waals surface area contributed by atoms with Crippen LogP contribution in [0.2, 0.25) is 0 Å². The van der Waals surface area contributed by atoms with E-state index in [-0.39, 0.29) is 17.5 Å². The van der Waals surface area contributed by atoms with Gasteiger partial charge in [-0.15, -0.1) is 0 Å². The molecule has 1 saturated carbocycles. The molecule has 1 heterocycles. The number of hydrogen-bond donors (Lipinski definition) is 2. The van der Waals surface area contributed by atoms with E-state index >= 15 is 0 Å². The summed E-state index contributed by atoms with van der Waals surface area (Å²) in [4.78, 5) is 14.5. The average Bonchev–Trinajstić information content (AvgIpc) is 2.81. The lowest BCUT2D eigenvalue weighted by molar-refractivity contribution is -0.117. The topological polar surface area (TPSA) is 44.4 Å². The predicted molar refractivity (Wildman–Crippen MR) is 85.3 cm³/mol. The molecule has 0 spiro atoms. The summed E-state index contributed by atoms with van der Waals surface area (Å²) in [6.45, 7) is 0.867. The van der Waals surface area contributed by atoms with Gasteiger partial charge in [0, 0.05) is 23.3 Å². The molecular formula is C17H25N3O. The lowest BCUT2D eigenvalue weighted by atomic mass is 9.80. The van der Waals surface area contributed by atoms with Crippen LogP contribution >= 0.6 is 0 Å². The Morgan fingerprint density at radius 3 is 2.67 bits per heavy atom. The number of para-hydroxylation sites is 1. The largest absolute Gasteiger partial charge is 0.324 e. The predicted octanol–water partition coefficient (Wildman–Crippen LogP) is 2.53. The molecule has 0 radical (unpaired) electrons. The molecular weight excluding hydrogens is 262 g/mol. The third kappa shape index (κ3) is 2.70. The number of rotatable bonds is 4. The van der Waals surface area contributed by atoms with Gasteiger partial charge in [-0.2, -0.15) is 0 Å². The smallest absolute Gasteiger partial charge is 0.246 e. The molecule has 2 aliphatic rings. The van der Waals surface area contributed by atoms with Crippen molar-refractivity contribution in [1.82, 2.24) is 10.2 Å². The summed E-state index contributed by atoms with van der Waals surface area (Å²) in [5.74, 6) is 0.0703. The Labute approximate surface area is 126 Å². The van der Waals surface area contributed by atoms with Gasteiger partial charge in [0.05, 0.1) is 0 Å². The zero-order valence-corrected chi connectivity index (χ0v) is 13.0. The van der Waals surface area contributed by atoms with E-state index in [1.807, 2.05) is 24.3 Å². The maximum Gasteiger partial charge on any atom is 0.246 e. The second-order valence-corrected chi connectivity index (χ2v) is 6.57. The standard InChI is InChI=1S/C17H25N3O/c1-20(2)17(10-6-3-7-11-17)12-18-15-13-8-4-5-9-14(13)19-16(15)21/h4-5,8-9,15,18H,3,6-7,10-12H2,1-2H3,(H,19,21). The zero-order valence-electron chi connectivity index (χ0n) is 13.0. The highest BCUT2D eigenvalue weighted by molar-refractivity contribution is 6.02. The SMILES string of the molecule is CN(C)C1(CNC2C(=O)Nc3ccccc32)CCCCC1. The Bertz CT molecular complexity index is 521. The van der Waals surface area contributed by atoms with Crippen LogP contribution < -0.4 is 10.6 Å². The van der Waals surface area contributed by atoms with E-state index in [1.54, 1.807) is 0 Å². The zero-order chi connectivity index (χ0) is 14.9. The Hall–Kier alpha value is -1.39. The molecule has 1 aliphatic carbocycles. The molecule has 1 aromatic rings. The summed E-state index contributed by atoms with van der Waals surface area (Å²) in [7, 11) is 4.32. The Morgan fingerprint density at radius 1 is 1.24 bits per heavy atom. The van der Waals surface area contributed by atoms with Crippen molar-refractivity contribution in [3.8, 4) is 0 Å². The van der Waals surface area contributed by atoms with Crippen molar-refractivity contribution in [1.29, 1.82) is 0 Å². The van der Waals surface area contributed by atoms with Crippen LogP contribution in [-0.4, -0.2) is 37.0 Å². The van der Waals surface area contributed by atoms with Crippen LogP contribution in [0.25, 0.3) is 0 Å². The molecule has 114 valence electrons. The molecule has 4 heteroatoms. The van der Waals surface area contributed by atoms with Gasteiger partial charge in [-0.05, 0) is 33.0 Å². The van der Waals surface area contributed by atoms with Crippen LogP contribution in [-0.2, 0) is 4.79 Å². The summed E-state index contributed by atoms with van der Waals surface area (Å²) in [5.41, 5.74) is 2.21. The molecule has 21 heavy (non-hydrogen) atoms. The number of benzene rings is 1. The summed E-state index contributed by atoms with van der Waals surface area (Å²) in [6.07, 6.45) is 6.33. The van der Waals surface area contributed by atoms with Crippen molar-refractivity contribution in [2.75, 3.05) is 26.0 Å². The first-order valence-electron chi connectivity index (χ1n) is 7.93. The number of nitrogens with zero attached hydrogens (tertiary/aromatic N) is 1. The second-order valence-electron chi connectivity index (χ2n) is 6.57. The van der Waals surface area contributed by atoms with Crippen molar-refractivity contribution in [3.05, 3.63) is 29.8 Å². The first-order chi connectivity index (χ1) is 10.1. The van der Waals surface area contributed by atoms with Crippen molar-refractivity contribution in [2.24, 2.45) is 0 Å². The van der Waals surface area contributed by atoms with Gasteiger partial charge in [0.25, 0.3) is 0 Å². The third-order valence-corrected chi connectivity index (χ3v) is 5.16. The van der Waals surface area contributed by atoms with E-state index < -0.39 is 0 Å². The average molecular weight is 287 g/mol. The molecule has 4 nitrogen and oxygen atoms in total. The molecule has 1 fully saturated rings. The minimum atomic E-state index is -0.208.